The van der Waals surface area contributed by atoms with Crippen molar-refractivity contribution in [3.8, 4) is 0 Å². The van der Waals surface area contributed by atoms with Crippen molar-refractivity contribution in [2.24, 2.45) is 0 Å². The topological polar surface area (TPSA) is 38.3 Å². The van der Waals surface area contributed by atoms with Crippen LogP contribution < -0.4 is 5.32 Å². The highest BCUT2D eigenvalue weighted by Gasteiger charge is 2.27. The van der Waals surface area contributed by atoms with Crippen LogP contribution in [-0.4, -0.2) is 31.6 Å². The Morgan fingerprint density at radius 2 is 2.31 bits per heavy atom. The highest BCUT2D eigenvalue weighted by atomic mass is 16.5. The Bertz CT molecular complexity index is 195. The summed E-state index contributed by atoms with van der Waals surface area (Å²) >= 11 is 0. The van der Waals surface area contributed by atoms with E-state index in [0.29, 0.717) is 12.1 Å². The molecule has 0 spiro atoms. The fourth-order valence-corrected chi connectivity index (χ4v) is 1.38. The van der Waals surface area contributed by atoms with E-state index in [1.165, 1.54) is 0 Å². The molecule has 1 N–H and O–H groups in total. The number of hydrogen-bond donors (Lipinski definition) is 1. The monoisotopic (exact) mass is 183 g/mol. The highest BCUT2D eigenvalue weighted by Crippen LogP contribution is 2.21. The average Bonchev–Trinajstić information content (AvgIpc) is 2.00. The number of allylic oxidation sites excluding steroid dienone is 1. The molecule has 1 fully saturated rings. The summed E-state index contributed by atoms with van der Waals surface area (Å²) in [5.74, 6) is 0.102. The molecule has 0 aromatic carbocycles. The third-order valence-corrected chi connectivity index (χ3v) is 2.31. The van der Waals surface area contributed by atoms with Crippen molar-refractivity contribution < 1.29 is 9.53 Å². The lowest BCUT2D eigenvalue weighted by Gasteiger charge is -2.34. The molecule has 13 heavy (non-hydrogen) atoms. The van der Waals surface area contributed by atoms with Gasteiger partial charge in [-0.2, -0.15) is 0 Å². The molecule has 0 aliphatic heterocycles. The van der Waals surface area contributed by atoms with Gasteiger partial charge in [-0.3, -0.25) is 4.79 Å². The normalized spacial score (nSPS) is 27.5. The first-order valence-corrected chi connectivity index (χ1v) is 4.65. The van der Waals surface area contributed by atoms with E-state index in [9.17, 15) is 4.79 Å². The Labute approximate surface area is 79.2 Å². The number of methoxy groups -OCH3 is 1. The summed E-state index contributed by atoms with van der Waals surface area (Å²) in [7, 11) is 1.75. The number of hydrogen-bond acceptors (Lipinski definition) is 3. The van der Waals surface area contributed by atoms with Gasteiger partial charge in [-0.25, -0.2) is 0 Å². The summed E-state index contributed by atoms with van der Waals surface area (Å²) in [6.45, 7) is 2.33. The molecule has 0 bridgehead atoms. The van der Waals surface area contributed by atoms with E-state index >= 15 is 0 Å². The molecule has 1 rings (SSSR count). The van der Waals surface area contributed by atoms with Crippen LogP contribution in [0.3, 0.4) is 0 Å². The summed E-state index contributed by atoms with van der Waals surface area (Å²) in [6, 6.07) is 0.571. The third kappa shape index (κ3) is 3.70. The fourth-order valence-electron chi connectivity index (χ4n) is 1.38. The van der Waals surface area contributed by atoms with Crippen LogP contribution in [0.2, 0.25) is 0 Å². The first kappa shape index (κ1) is 10.4. The minimum Gasteiger partial charge on any atom is -0.381 e. The molecular formula is C10H17NO2. The Morgan fingerprint density at radius 3 is 2.85 bits per heavy atom. The molecule has 0 atom stereocenters. The second-order valence-corrected chi connectivity index (χ2v) is 3.45. The van der Waals surface area contributed by atoms with Crippen molar-refractivity contribution in [1.29, 1.82) is 0 Å². The predicted octanol–water partition coefficient (Wildman–Crippen LogP) is 0.899. The summed E-state index contributed by atoms with van der Waals surface area (Å²) in [4.78, 5) is 10.5. The van der Waals surface area contributed by atoms with Gasteiger partial charge >= 0.3 is 0 Å². The summed E-state index contributed by atoms with van der Waals surface area (Å²) in [5, 5.41) is 3.32. The fraction of sp³-hybridized carbons (Fsp3) is 0.700. The van der Waals surface area contributed by atoms with Crippen LogP contribution in [0.15, 0.2) is 12.2 Å². The van der Waals surface area contributed by atoms with Crippen LogP contribution in [0.4, 0.5) is 0 Å². The number of rotatable bonds is 5. The van der Waals surface area contributed by atoms with E-state index in [1.807, 2.05) is 6.08 Å². The van der Waals surface area contributed by atoms with Crippen molar-refractivity contribution in [3.63, 3.8) is 0 Å². The van der Waals surface area contributed by atoms with Crippen molar-refractivity contribution in [3.05, 3.63) is 12.2 Å². The van der Waals surface area contributed by atoms with Crippen molar-refractivity contribution in [1.82, 2.24) is 5.32 Å². The molecule has 1 aliphatic rings. The molecular weight excluding hydrogens is 166 g/mol. The number of nitrogens with one attached hydrogen (secondary N) is 1. The lowest BCUT2D eigenvalue weighted by Crippen LogP contribution is -2.45. The summed E-state index contributed by atoms with van der Waals surface area (Å²) in [6.07, 6.45) is 6.07. The van der Waals surface area contributed by atoms with Crippen molar-refractivity contribution >= 4 is 5.78 Å². The largest absolute Gasteiger partial charge is 0.381 e. The maximum Gasteiger partial charge on any atom is 0.152 e. The maximum atomic E-state index is 10.5. The molecule has 0 aromatic rings. The summed E-state index contributed by atoms with van der Waals surface area (Å²) in [5.41, 5.74) is 0. The minimum atomic E-state index is 0.102. The second kappa shape index (κ2) is 5.14. The van der Waals surface area contributed by atoms with Gasteiger partial charge < -0.3 is 10.1 Å². The molecule has 0 radical (unpaired) electrons. The molecule has 0 saturated heterocycles. The van der Waals surface area contributed by atoms with E-state index in [4.69, 9.17) is 4.74 Å². The number of carbonyl (C=O) groups excluding carboxylic acids is 1. The Kier molecular flexibility index (Phi) is 4.12. The van der Waals surface area contributed by atoms with Gasteiger partial charge in [0.05, 0.1) is 6.10 Å². The van der Waals surface area contributed by atoms with E-state index in [1.54, 1.807) is 20.1 Å². The van der Waals surface area contributed by atoms with Crippen molar-refractivity contribution in [2.45, 2.75) is 31.9 Å². The Hall–Kier alpha value is -0.670. The zero-order chi connectivity index (χ0) is 9.68. The molecule has 0 aromatic heterocycles. The van der Waals surface area contributed by atoms with Gasteiger partial charge in [0.2, 0.25) is 0 Å². The number of carbonyl (C=O) groups is 1. The number of ether oxygens (including phenoxy) is 1. The van der Waals surface area contributed by atoms with Gasteiger partial charge in [0.25, 0.3) is 0 Å². The molecule has 1 saturated carbocycles. The van der Waals surface area contributed by atoms with Gasteiger partial charge in [0, 0.05) is 19.7 Å². The molecule has 3 heteroatoms. The lowest BCUT2D eigenvalue weighted by molar-refractivity contribution is -0.112. The quantitative estimate of drug-likeness (QED) is 0.643. The van der Waals surface area contributed by atoms with Crippen LogP contribution >= 0.6 is 0 Å². The predicted molar refractivity (Wildman–Crippen MR) is 51.6 cm³/mol. The van der Waals surface area contributed by atoms with E-state index in [2.05, 4.69) is 5.32 Å². The maximum absolute atomic E-state index is 10.5. The van der Waals surface area contributed by atoms with Gasteiger partial charge in [-0.05, 0) is 25.8 Å². The van der Waals surface area contributed by atoms with Gasteiger partial charge in [-0.1, -0.05) is 6.08 Å². The van der Waals surface area contributed by atoms with E-state index in [-0.39, 0.29) is 5.78 Å². The van der Waals surface area contributed by atoms with E-state index < -0.39 is 0 Å². The zero-order valence-electron chi connectivity index (χ0n) is 8.25. The van der Waals surface area contributed by atoms with Crippen molar-refractivity contribution in [2.75, 3.05) is 13.7 Å². The summed E-state index contributed by atoms with van der Waals surface area (Å²) < 4.78 is 5.15. The third-order valence-electron chi connectivity index (χ3n) is 2.31. The molecule has 74 valence electrons. The average molecular weight is 183 g/mol. The zero-order valence-corrected chi connectivity index (χ0v) is 8.25. The first-order valence-electron chi connectivity index (χ1n) is 4.65. The van der Waals surface area contributed by atoms with Crippen LogP contribution in [0.25, 0.3) is 0 Å². The van der Waals surface area contributed by atoms with Crippen LogP contribution in [-0.2, 0) is 9.53 Å². The second-order valence-electron chi connectivity index (χ2n) is 3.45. The molecule has 3 nitrogen and oxygen atoms in total. The smallest absolute Gasteiger partial charge is 0.152 e. The minimum absolute atomic E-state index is 0.102. The highest BCUT2D eigenvalue weighted by molar-refractivity contribution is 5.87. The van der Waals surface area contributed by atoms with Crippen LogP contribution in [0, 0.1) is 0 Å². The first-order chi connectivity index (χ1) is 6.22. The van der Waals surface area contributed by atoms with Gasteiger partial charge in [0.15, 0.2) is 5.78 Å². The van der Waals surface area contributed by atoms with Gasteiger partial charge in [-0.15, -0.1) is 0 Å². The number of ketones is 1. The van der Waals surface area contributed by atoms with Gasteiger partial charge in [0.1, 0.15) is 0 Å². The lowest BCUT2D eigenvalue weighted by atomic mass is 9.89. The molecule has 0 amide bonds. The molecule has 1 aliphatic carbocycles. The van der Waals surface area contributed by atoms with E-state index in [0.717, 1.165) is 19.4 Å². The van der Waals surface area contributed by atoms with Crippen LogP contribution in [0.5, 0.6) is 0 Å². The standard InChI is InChI=1S/C10H17NO2/c1-8(12)4-3-5-11-9-6-10(7-9)13-2/h3-4,9-11H,5-7H2,1-2H3/b4-3+. The molecule has 0 unspecified atom stereocenters. The molecule has 0 heterocycles. The Morgan fingerprint density at radius 1 is 1.62 bits per heavy atom. The van der Waals surface area contributed by atoms with Crippen LogP contribution in [0.1, 0.15) is 19.8 Å². The SMILES string of the molecule is COC1CC(NC/C=C/C(C)=O)C1. The Balaban J connectivity index is 1.99.